The van der Waals surface area contributed by atoms with Gasteiger partial charge in [0.25, 0.3) is 5.91 Å². The van der Waals surface area contributed by atoms with E-state index in [1.807, 2.05) is 32.9 Å². The van der Waals surface area contributed by atoms with Crippen LogP contribution in [0.2, 0.25) is 0 Å². The molecule has 0 bridgehead atoms. The summed E-state index contributed by atoms with van der Waals surface area (Å²) >= 11 is 0. The summed E-state index contributed by atoms with van der Waals surface area (Å²) in [6, 6.07) is 6.34. The first-order chi connectivity index (χ1) is 20.5. The van der Waals surface area contributed by atoms with Crippen LogP contribution in [0.3, 0.4) is 0 Å². The molecule has 2 heterocycles. The highest BCUT2D eigenvalue weighted by molar-refractivity contribution is 5.99. The Hall–Kier alpha value is -4.23. The number of aliphatic hydroxyl groups excluding tert-OH is 1. The van der Waals surface area contributed by atoms with E-state index >= 15 is 0 Å². The van der Waals surface area contributed by atoms with E-state index in [9.17, 15) is 23.2 Å². The Balaban J connectivity index is 0.00000248. The number of piperidine rings is 1. The van der Waals surface area contributed by atoms with Gasteiger partial charge in [0.2, 0.25) is 0 Å². The first-order valence-electron chi connectivity index (χ1n) is 14.2. The minimum absolute atomic E-state index is 0.0804. The molecule has 230 valence electrons. The van der Waals surface area contributed by atoms with Crippen LogP contribution in [0.4, 0.5) is 24.5 Å². The number of rotatable bonds is 7. The van der Waals surface area contributed by atoms with Crippen molar-refractivity contribution in [2.45, 2.75) is 39.7 Å². The lowest BCUT2D eigenvalue weighted by atomic mass is 9.94. The molecule has 2 fully saturated rings. The van der Waals surface area contributed by atoms with Gasteiger partial charge in [-0.3, -0.25) is 4.79 Å². The van der Waals surface area contributed by atoms with E-state index < -0.39 is 17.5 Å². The van der Waals surface area contributed by atoms with Crippen molar-refractivity contribution in [1.29, 1.82) is 5.26 Å². The number of likely N-dealkylation sites (tertiary alicyclic amines) is 1. The molecule has 0 aliphatic carbocycles. The highest BCUT2D eigenvalue weighted by Gasteiger charge is 2.28. The van der Waals surface area contributed by atoms with Crippen LogP contribution in [0.5, 0.6) is 0 Å². The van der Waals surface area contributed by atoms with E-state index in [1.54, 1.807) is 15.9 Å². The molecule has 2 N–H and O–H groups in total. The third-order valence-corrected chi connectivity index (χ3v) is 7.99. The molecule has 1 amide bonds. The van der Waals surface area contributed by atoms with Crippen LogP contribution in [0.15, 0.2) is 54.8 Å². The number of piperazine rings is 1. The number of carbonyl (C=O) groups is 1. The standard InChI is InChI=1S/C32H36F3N5O.CH4O/c1-6-7-28(22(4)19-36)39-10-8-24(9-11-39)37-31-21(3)16-20(2)29(23(31)5)32(41)40-14-12-38(13-15-40)25-17-26(33)30(35)27(34)18-25;1-2/h6-7,16-18,24,37H,1,4,8-15H2,2-3,5H3;2H,1H3/b28-7+;. The fraction of sp³-hybridized carbons (Fsp3) is 0.394. The molecule has 10 heteroatoms. The fourth-order valence-corrected chi connectivity index (χ4v) is 5.82. The quantitative estimate of drug-likeness (QED) is 0.246. The van der Waals surface area contributed by atoms with Crippen LogP contribution in [0.25, 0.3) is 0 Å². The van der Waals surface area contributed by atoms with Gasteiger partial charge >= 0.3 is 0 Å². The maximum absolute atomic E-state index is 13.7. The highest BCUT2D eigenvalue weighted by atomic mass is 19.2. The molecule has 0 aromatic heterocycles. The Labute approximate surface area is 252 Å². The molecule has 2 aliphatic rings. The molecule has 2 aliphatic heterocycles. The van der Waals surface area contributed by atoms with E-state index in [0.717, 1.165) is 73.2 Å². The summed E-state index contributed by atoms with van der Waals surface area (Å²) in [6.07, 6.45) is 5.20. The van der Waals surface area contributed by atoms with Gasteiger partial charge in [0.05, 0.1) is 11.3 Å². The zero-order valence-electron chi connectivity index (χ0n) is 25.3. The molecule has 0 spiro atoms. The summed E-state index contributed by atoms with van der Waals surface area (Å²) in [5.41, 5.74) is 5.94. The first kappa shape index (κ1) is 33.3. The molecule has 0 saturated carbocycles. The molecular weight excluding hydrogens is 555 g/mol. The molecule has 0 radical (unpaired) electrons. The second kappa shape index (κ2) is 14.8. The predicted molar refractivity (Wildman–Crippen MR) is 164 cm³/mol. The lowest BCUT2D eigenvalue weighted by Gasteiger charge is -2.37. The number of nitriles is 1. The lowest BCUT2D eigenvalue weighted by molar-refractivity contribution is 0.0745. The van der Waals surface area contributed by atoms with E-state index in [2.05, 4.69) is 29.4 Å². The number of nitrogens with zero attached hydrogens (tertiary/aromatic N) is 4. The van der Waals surface area contributed by atoms with Crippen LogP contribution in [0.1, 0.15) is 39.9 Å². The average molecular weight is 596 g/mol. The van der Waals surface area contributed by atoms with Crippen LogP contribution < -0.4 is 10.2 Å². The van der Waals surface area contributed by atoms with Gasteiger partial charge in [-0.25, -0.2) is 13.2 Å². The van der Waals surface area contributed by atoms with Crippen molar-refractivity contribution in [2.75, 3.05) is 56.6 Å². The number of benzene rings is 2. The molecule has 4 rings (SSSR count). The summed E-state index contributed by atoms with van der Waals surface area (Å²) in [7, 11) is 1.00. The number of amides is 1. The normalized spacial score (nSPS) is 15.8. The maximum atomic E-state index is 13.7. The van der Waals surface area contributed by atoms with E-state index in [4.69, 9.17) is 5.11 Å². The smallest absolute Gasteiger partial charge is 0.254 e. The van der Waals surface area contributed by atoms with Crippen molar-refractivity contribution in [1.82, 2.24) is 9.80 Å². The van der Waals surface area contributed by atoms with Crippen LogP contribution in [-0.4, -0.2) is 73.2 Å². The molecule has 2 saturated heterocycles. The fourth-order valence-electron chi connectivity index (χ4n) is 5.82. The second-order valence-electron chi connectivity index (χ2n) is 10.7. The number of halogens is 3. The van der Waals surface area contributed by atoms with E-state index in [1.165, 1.54) is 0 Å². The van der Waals surface area contributed by atoms with E-state index in [0.29, 0.717) is 37.3 Å². The predicted octanol–water partition coefficient (Wildman–Crippen LogP) is 5.63. The number of aliphatic hydroxyl groups is 1. The Morgan fingerprint density at radius 2 is 1.56 bits per heavy atom. The number of hydrogen-bond donors (Lipinski definition) is 2. The number of carbonyl (C=O) groups excluding carboxylic acids is 1. The Bertz CT molecular complexity index is 1410. The summed E-state index contributed by atoms with van der Waals surface area (Å²) in [5.74, 6) is -4.02. The van der Waals surface area contributed by atoms with Gasteiger partial charge in [-0.2, -0.15) is 5.26 Å². The van der Waals surface area contributed by atoms with Crippen molar-refractivity contribution < 1.29 is 23.1 Å². The summed E-state index contributed by atoms with van der Waals surface area (Å²) < 4.78 is 40.9. The average Bonchev–Trinajstić information content (AvgIpc) is 3.01. The van der Waals surface area contributed by atoms with Gasteiger partial charge < -0.3 is 25.1 Å². The van der Waals surface area contributed by atoms with Crippen LogP contribution in [0, 0.1) is 49.6 Å². The Kier molecular flexibility index (Phi) is 11.4. The number of nitrogens with one attached hydrogen (secondary N) is 1. The van der Waals surface area contributed by atoms with Crippen LogP contribution in [-0.2, 0) is 0 Å². The summed E-state index contributed by atoms with van der Waals surface area (Å²) in [5, 5.41) is 20.0. The van der Waals surface area contributed by atoms with Crippen molar-refractivity contribution >= 4 is 17.3 Å². The lowest BCUT2D eigenvalue weighted by Crippen LogP contribution is -2.49. The molecular formula is C33H40F3N5O2. The molecule has 0 unspecified atom stereocenters. The maximum Gasteiger partial charge on any atom is 0.254 e. The number of allylic oxidation sites excluding steroid dienone is 3. The van der Waals surface area contributed by atoms with Crippen molar-refractivity contribution in [3.05, 3.63) is 94.5 Å². The number of hydrogen-bond acceptors (Lipinski definition) is 6. The second-order valence-corrected chi connectivity index (χ2v) is 10.7. The molecule has 7 nitrogen and oxygen atoms in total. The Morgan fingerprint density at radius 3 is 2.09 bits per heavy atom. The minimum Gasteiger partial charge on any atom is -0.400 e. The molecule has 2 aromatic carbocycles. The van der Waals surface area contributed by atoms with Gasteiger partial charge in [0.1, 0.15) is 6.07 Å². The third kappa shape index (κ3) is 7.41. The van der Waals surface area contributed by atoms with Crippen LogP contribution >= 0.6 is 0 Å². The third-order valence-electron chi connectivity index (χ3n) is 7.99. The molecule has 43 heavy (non-hydrogen) atoms. The SMILES string of the molecule is C=C/C=C(\C(=C)C#N)N1CCC(Nc2c(C)cc(C)c(C(=O)N3CCN(c4cc(F)c(F)c(F)c4)CC3)c2C)CC1.CO. The zero-order valence-corrected chi connectivity index (χ0v) is 25.3. The minimum atomic E-state index is -1.48. The van der Waals surface area contributed by atoms with Gasteiger partial charge in [0, 0.05) is 81.5 Å². The Morgan fingerprint density at radius 1 is 0.977 bits per heavy atom. The highest BCUT2D eigenvalue weighted by Crippen LogP contribution is 2.31. The number of anilines is 2. The van der Waals surface area contributed by atoms with Crippen molar-refractivity contribution in [2.24, 2.45) is 0 Å². The zero-order chi connectivity index (χ0) is 31.8. The van der Waals surface area contributed by atoms with Gasteiger partial charge in [0.15, 0.2) is 17.5 Å². The van der Waals surface area contributed by atoms with Crippen molar-refractivity contribution in [3.8, 4) is 6.07 Å². The topological polar surface area (TPSA) is 82.8 Å². The van der Waals surface area contributed by atoms with Gasteiger partial charge in [-0.05, 0) is 56.4 Å². The van der Waals surface area contributed by atoms with Crippen molar-refractivity contribution in [3.63, 3.8) is 0 Å². The molecule has 0 atom stereocenters. The largest absolute Gasteiger partial charge is 0.400 e. The monoisotopic (exact) mass is 595 g/mol. The first-order valence-corrected chi connectivity index (χ1v) is 14.2. The summed E-state index contributed by atoms with van der Waals surface area (Å²) in [6.45, 7) is 16.6. The van der Waals surface area contributed by atoms with Gasteiger partial charge in [-0.15, -0.1) is 0 Å². The molecule has 2 aromatic rings. The van der Waals surface area contributed by atoms with E-state index in [-0.39, 0.29) is 17.6 Å². The summed E-state index contributed by atoms with van der Waals surface area (Å²) in [4.78, 5) is 19.4. The van der Waals surface area contributed by atoms with Gasteiger partial charge in [-0.1, -0.05) is 25.3 Å². The number of aryl methyl sites for hydroxylation is 2.